The first kappa shape index (κ1) is 13.5. The maximum atomic E-state index is 11.9. The Labute approximate surface area is 110 Å². The molecule has 2 unspecified atom stereocenters. The smallest absolute Gasteiger partial charge is 0.306 e. The summed E-state index contributed by atoms with van der Waals surface area (Å²) in [5, 5.41) is 15.5. The predicted molar refractivity (Wildman–Crippen MR) is 66.3 cm³/mol. The Morgan fingerprint density at radius 3 is 2.74 bits per heavy atom. The van der Waals surface area contributed by atoms with Crippen LogP contribution < -0.4 is 10.7 Å². The van der Waals surface area contributed by atoms with E-state index < -0.39 is 5.97 Å². The average Bonchev–Trinajstić information content (AvgIpc) is 2.39. The van der Waals surface area contributed by atoms with Crippen LogP contribution in [-0.2, 0) is 14.4 Å². The second kappa shape index (κ2) is 5.81. The Morgan fingerprint density at radius 1 is 1.32 bits per heavy atom. The van der Waals surface area contributed by atoms with Crippen LogP contribution in [0, 0.1) is 5.92 Å². The number of carboxylic acids is 1. The van der Waals surface area contributed by atoms with Gasteiger partial charge in [0.1, 0.15) is 5.71 Å². The van der Waals surface area contributed by atoms with Crippen molar-refractivity contribution < 1.29 is 19.5 Å². The summed E-state index contributed by atoms with van der Waals surface area (Å²) in [6, 6.07) is -0.123. The molecule has 0 aromatic carbocycles. The Morgan fingerprint density at radius 2 is 2.11 bits per heavy atom. The molecule has 0 radical (unpaired) electrons. The van der Waals surface area contributed by atoms with E-state index in [-0.39, 0.29) is 30.2 Å². The summed E-state index contributed by atoms with van der Waals surface area (Å²) in [4.78, 5) is 33.8. The first-order chi connectivity index (χ1) is 9.06. The van der Waals surface area contributed by atoms with Gasteiger partial charge in [0.25, 0.3) is 5.91 Å². The zero-order valence-corrected chi connectivity index (χ0v) is 10.5. The Bertz CT molecular complexity index is 433. The van der Waals surface area contributed by atoms with Crippen LogP contribution in [0.3, 0.4) is 0 Å². The van der Waals surface area contributed by atoms with E-state index in [9.17, 15) is 14.4 Å². The number of nitrogens with one attached hydrogen (secondary N) is 2. The molecule has 0 bridgehead atoms. The Hall–Kier alpha value is -1.92. The van der Waals surface area contributed by atoms with Gasteiger partial charge in [0.05, 0.1) is 5.92 Å². The standard InChI is InChI=1S/C12H17N3O4/c16-10-5-4-9(14-15-10)11(17)13-8-3-1-2-7(6-8)12(18)19/h7-8H,1-6H2,(H,13,17)(H,15,16)(H,18,19). The van der Waals surface area contributed by atoms with Crippen LogP contribution in [-0.4, -0.2) is 34.6 Å². The number of hydrogen-bond acceptors (Lipinski definition) is 4. The van der Waals surface area contributed by atoms with Crippen molar-refractivity contribution in [1.29, 1.82) is 0 Å². The van der Waals surface area contributed by atoms with Gasteiger partial charge in [-0.3, -0.25) is 14.4 Å². The van der Waals surface area contributed by atoms with Gasteiger partial charge in [-0.05, 0) is 19.3 Å². The monoisotopic (exact) mass is 267 g/mol. The predicted octanol–water partition coefficient (Wildman–Crippen LogP) is 0.0120. The summed E-state index contributed by atoms with van der Waals surface area (Å²) in [6.07, 6.45) is 3.29. The lowest BCUT2D eigenvalue weighted by Crippen LogP contribution is -2.44. The molecule has 1 aliphatic carbocycles. The van der Waals surface area contributed by atoms with Gasteiger partial charge in [-0.2, -0.15) is 5.10 Å². The van der Waals surface area contributed by atoms with E-state index in [1.54, 1.807) is 0 Å². The van der Waals surface area contributed by atoms with Crippen LogP contribution in [0.5, 0.6) is 0 Å². The Kier molecular flexibility index (Phi) is 4.13. The molecule has 3 N–H and O–H groups in total. The van der Waals surface area contributed by atoms with Crippen molar-refractivity contribution >= 4 is 23.5 Å². The molecular formula is C12H17N3O4. The van der Waals surface area contributed by atoms with Crippen LogP contribution in [0.15, 0.2) is 5.10 Å². The van der Waals surface area contributed by atoms with Crippen LogP contribution >= 0.6 is 0 Å². The molecule has 1 heterocycles. The van der Waals surface area contributed by atoms with E-state index in [0.717, 1.165) is 12.8 Å². The fourth-order valence-corrected chi connectivity index (χ4v) is 2.45. The second-order valence-corrected chi connectivity index (χ2v) is 4.97. The minimum atomic E-state index is -0.804. The molecule has 2 atom stereocenters. The zero-order valence-electron chi connectivity index (χ0n) is 10.5. The van der Waals surface area contributed by atoms with Gasteiger partial charge in [-0.1, -0.05) is 6.42 Å². The first-order valence-electron chi connectivity index (χ1n) is 6.45. The molecule has 0 spiro atoms. The lowest BCUT2D eigenvalue weighted by molar-refractivity contribution is -0.143. The molecule has 0 aromatic heterocycles. The van der Waals surface area contributed by atoms with Crippen molar-refractivity contribution in [1.82, 2.24) is 10.7 Å². The molecule has 104 valence electrons. The van der Waals surface area contributed by atoms with Gasteiger partial charge in [-0.25, -0.2) is 5.43 Å². The third-order valence-electron chi connectivity index (χ3n) is 3.53. The van der Waals surface area contributed by atoms with Gasteiger partial charge in [-0.15, -0.1) is 0 Å². The Balaban J connectivity index is 1.88. The second-order valence-electron chi connectivity index (χ2n) is 4.97. The molecule has 1 aliphatic heterocycles. The lowest BCUT2D eigenvalue weighted by Gasteiger charge is -2.27. The highest BCUT2D eigenvalue weighted by Gasteiger charge is 2.29. The van der Waals surface area contributed by atoms with Crippen molar-refractivity contribution in [3.8, 4) is 0 Å². The number of hydrogen-bond donors (Lipinski definition) is 3. The van der Waals surface area contributed by atoms with Crippen LogP contribution in [0.2, 0.25) is 0 Å². The highest BCUT2D eigenvalue weighted by atomic mass is 16.4. The molecule has 0 saturated heterocycles. The molecule has 2 rings (SSSR count). The van der Waals surface area contributed by atoms with Crippen molar-refractivity contribution in [2.75, 3.05) is 0 Å². The van der Waals surface area contributed by atoms with Gasteiger partial charge < -0.3 is 10.4 Å². The summed E-state index contributed by atoms with van der Waals surface area (Å²) in [5.74, 6) is -1.69. The highest BCUT2D eigenvalue weighted by Crippen LogP contribution is 2.24. The number of carbonyl (C=O) groups is 3. The highest BCUT2D eigenvalue weighted by molar-refractivity contribution is 6.39. The quantitative estimate of drug-likeness (QED) is 0.669. The molecule has 0 aromatic rings. The van der Waals surface area contributed by atoms with Crippen molar-refractivity contribution in [3.63, 3.8) is 0 Å². The molecule has 1 fully saturated rings. The average molecular weight is 267 g/mol. The fourth-order valence-electron chi connectivity index (χ4n) is 2.45. The summed E-state index contributed by atoms with van der Waals surface area (Å²) >= 11 is 0. The van der Waals surface area contributed by atoms with Crippen molar-refractivity contribution in [3.05, 3.63) is 0 Å². The normalized spacial score (nSPS) is 27.2. The number of carbonyl (C=O) groups excluding carboxylic acids is 2. The summed E-state index contributed by atoms with van der Waals surface area (Å²) in [7, 11) is 0. The van der Waals surface area contributed by atoms with Gasteiger partial charge >= 0.3 is 5.97 Å². The van der Waals surface area contributed by atoms with E-state index in [0.29, 0.717) is 25.0 Å². The summed E-state index contributed by atoms with van der Waals surface area (Å²) in [6.45, 7) is 0. The molecule has 2 aliphatic rings. The first-order valence-corrected chi connectivity index (χ1v) is 6.45. The largest absolute Gasteiger partial charge is 0.481 e. The number of nitrogens with zero attached hydrogens (tertiary/aromatic N) is 1. The SMILES string of the molecule is O=C1CCC(C(=O)NC2CCCC(C(=O)O)C2)=NN1. The third-order valence-corrected chi connectivity index (χ3v) is 3.53. The van der Waals surface area contributed by atoms with E-state index in [1.165, 1.54) is 0 Å². The molecule has 2 amide bonds. The van der Waals surface area contributed by atoms with Crippen molar-refractivity contribution in [2.24, 2.45) is 11.0 Å². The van der Waals surface area contributed by atoms with E-state index >= 15 is 0 Å². The van der Waals surface area contributed by atoms with Crippen LogP contribution in [0.1, 0.15) is 38.5 Å². The maximum absolute atomic E-state index is 11.9. The molecule has 19 heavy (non-hydrogen) atoms. The van der Waals surface area contributed by atoms with Crippen LogP contribution in [0.25, 0.3) is 0 Å². The van der Waals surface area contributed by atoms with E-state index in [2.05, 4.69) is 15.8 Å². The summed E-state index contributed by atoms with van der Waals surface area (Å²) < 4.78 is 0. The van der Waals surface area contributed by atoms with Gasteiger partial charge in [0.15, 0.2) is 0 Å². The fraction of sp³-hybridized carbons (Fsp3) is 0.667. The van der Waals surface area contributed by atoms with Gasteiger partial charge in [0.2, 0.25) is 5.91 Å². The minimum Gasteiger partial charge on any atom is -0.481 e. The van der Waals surface area contributed by atoms with Gasteiger partial charge in [0, 0.05) is 18.9 Å². The van der Waals surface area contributed by atoms with E-state index in [4.69, 9.17) is 5.11 Å². The van der Waals surface area contributed by atoms with Crippen LogP contribution in [0.4, 0.5) is 0 Å². The number of rotatable bonds is 3. The number of amides is 2. The molecule has 1 saturated carbocycles. The molecule has 7 heteroatoms. The van der Waals surface area contributed by atoms with Crippen molar-refractivity contribution in [2.45, 2.75) is 44.6 Å². The third kappa shape index (κ3) is 3.52. The number of aliphatic carboxylic acids is 1. The lowest BCUT2D eigenvalue weighted by atomic mass is 9.85. The number of carboxylic acid groups (broad SMARTS) is 1. The maximum Gasteiger partial charge on any atom is 0.306 e. The molecular weight excluding hydrogens is 250 g/mol. The van der Waals surface area contributed by atoms with E-state index in [1.807, 2.05) is 0 Å². The topological polar surface area (TPSA) is 108 Å². The number of hydrazone groups is 1. The minimum absolute atomic E-state index is 0.123. The summed E-state index contributed by atoms with van der Waals surface area (Å²) in [5.41, 5.74) is 2.57. The zero-order chi connectivity index (χ0) is 13.8. The molecule has 7 nitrogen and oxygen atoms in total.